The maximum atomic E-state index is 13.7. The van der Waals surface area contributed by atoms with Crippen molar-refractivity contribution in [3.8, 4) is 11.7 Å². The van der Waals surface area contributed by atoms with Gasteiger partial charge in [0.2, 0.25) is 5.89 Å². The largest absolute Gasteiger partial charge is 0.459 e. The molecule has 0 radical (unpaired) electrons. The average Bonchev–Trinajstić information content (AvgIpc) is 3.36. The number of nitrogens with one attached hydrogen (secondary N) is 1. The lowest BCUT2D eigenvalue weighted by Crippen LogP contribution is -2.40. The van der Waals surface area contributed by atoms with E-state index in [0.29, 0.717) is 43.5 Å². The summed E-state index contributed by atoms with van der Waals surface area (Å²) in [5.41, 5.74) is -0.440. The molecule has 9 heteroatoms. The van der Waals surface area contributed by atoms with E-state index in [0.717, 1.165) is 12.1 Å². The standard InChI is InChI=1S/C18H16F2N4O3/c19-12-3-1-4-13(20)15(12)21-18(25)24-8-6-11(7-9-24)16-22-23-17(27-16)14-5-2-10-26-14/h1-5,10-11H,6-9H2,(H,21,25). The van der Waals surface area contributed by atoms with Crippen molar-refractivity contribution in [1.82, 2.24) is 15.1 Å². The predicted molar refractivity (Wildman–Crippen MR) is 90.9 cm³/mol. The van der Waals surface area contributed by atoms with E-state index in [1.807, 2.05) is 0 Å². The van der Waals surface area contributed by atoms with Crippen LogP contribution >= 0.6 is 0 Å². The first-order valence-corrected chi connectivity index (χ1v) is 8.49. The summed E-state index contributed by atoms with van der Waals surface area (Å²) in [5, 5.41) is 10.3. The Morgan fingerprint density at radius 2 is 1.85 bits per heavy atom. The van der Waals surface area contributed by atoms with Crippen molar-refractivity contribution in [2.24, 2.45) is 0 Å². The molecule has 4 rings (SSSR count). The van der Waals surface area contributed by atoms with Gasteiger partial charge in [-0.2, -0.15) is 0 Å². The number of amides is 2. The number of nitrogens with zero attached hydrogens (tertiary/aromatic N) is 3. The summed E-state index contributed by atoms with van der Waals surface area (Å²) < 4.78 is 38.2. The second-order valence-electron chi connectivity index (χ2n) is 6.21. The summed E-state index contributed by atoms with van der Waals surface area (Å²) in [6.07, 6.45) is 2.73. The average molecular weight is 374 g/mol. The summed E-state index contributed by atoms with van der Waals surface area (Å²) >= 11 is 0. The number of anilines is 1. The molecule has 3 aromatic rings. The number of hydrogen-bond donors (Lipinski definition) is 1. The van der Waals surface area contributed by atoms with Gasteiger partial charge in [-0.05, 0) is 37.1 Å². The lowest BCUT2D eigenvalue weighted by molar-refractivity contribution is 0.189. The molecule has 1 saturated heterocycles. The molecule has 0 aliphatic carbocycles. The first-order valence-electron chi connectivity index (χ1n) is 8.49. The van der Waals surface area contributed by atoms with Gasteiger partial charge in [0.05, 0.1) is 6.26 Å². The van der Waals surface area contributed by atoms with Crippen molar-refractivity contribution < 1.29 is 22.4 Å². The van der Waals surface area contributed by atoms with Gasteiger partial charge in [0, 0.05) is 19.0 Å². The Bertz CT molecular complexity index is 914. The Balaban J connectivity index is 1.37. The van der Waals surface area contributed by atoms with Gasteiger partial charge in [0.1, 0.15) is 17.3 Å². The van der Waals surface area contributed by atoms with Gasteiger partial charge in [0.25, 0.3) is 5.89 Å². The minimum absolute atomic E-state index is 0.00968. The topological polar surface area (TPSA) is 84.4 Å². The van der Waals surface area contributed by atoms with Gasteiger partial charge >= 0.3 is 6.03 Å². The van der Waals surface area contributed by atoms with Crippen LogP contribution in [0.15, 0.2) is 45.4 Å². The van der Waals surface area contributed by atoms with E-state index >= 15 is 0 Å². The van der Waals surface area contributed by atoms with Crippen LogP contribution in [-0.2, 0) is 0 Å². The highest BCUT2D eigenvalue weighted by Crippen LogP contribution is 2.30. The molecule has 0 atom stereocenters. The van der Waals surface area contributed by atoms with Gasteiger partial charge in [0.15, 0.2) is 5.76 Å². The number of halogens is 2. The molecule has 0 unspecified atom stereocenters. The second kappa shape index (κ2) is 7.18. The minimum Gasteiger partial charge on any atom is -0.459 e. The van der Waals surface area contributed by atoms with E-state index in [1.54, 1.807) is 12.1 Å². The molecular weight excluding hydrogens is 358 g/mol. The quantitative estimate of drug-likeness (QED) is 0.749. The highest BCUT2D eigenvalue weighted by molar-refractivity contribution is 5.89. The van der Waals surface area contributed by atoms with Gasteiger partial charge in [-0.15, -0.1) is 10.2 Å². The number of hydrogen-bond acceptors (Lipinski definition) is 5. The summed E-state index contributed by atoms with van der Waals surface area (Å²) in [4.78, 5) is 13.8. The fraction of sp³-hybridized carbons (Fsp3) is 0.278. The Morgan fingerprint density at radius 3 is 2.52 bits per heavy atom. The molecule has 0 saturated carbocycles. The SMILES string of the molecule is O=C(Nc1c(F)cccc1F)N1CCC(c2nnc(-c3ccco3)o2)CC1. The normalized spacial score (nSPS) is 15.1. The molecular formula is C18H16F2N4O3. The molecule has 27 heavy (non-hydrogen) atoms. The van der Waals surface area contributed by atoms with Crippen molar-refractivity contribution in [3.63, 3.8) is 0 Å². The molecule has 1 aliphatic rings. The van der Waals surface area contributed by atoms with Crippen LogP contribution in [0.2, 0.25) is 0 Å². The first kappa shape index (κ1) is 17.2. The van der Waals surface area contributed by atoms with Gasteiger partial charge in [-0.3, -0.25) is 0 Å². The molecule has 0 spiro atoms. The zero-order chi connectivity index (χ0) is 18.8. The molecule has 1 fully saturated rings. The molecule has 1 N–H and O–H groups in total. The van der Waals surface area contributed by atoms with E-state index in [4.69, 9.17) is 8.83 Å². The van der Waals surface area contributed by atoms with Gasteiger partial charge in [-0.1, -0.05) is 6.07 Å². The zero-order valence-corrected chi connectivity index (χ0v) is 14.2. The van der Waals surface area contributed by atoms with Crippen LogP contribution in [0.4, 0.5) is 19.3 Å². The number of piperidine rings is 1. The van der Waals surface area contributed by atoms with E-state index < -0.39 is 23.4 Å². The Labute approximate surface area is 153 Å². The van der Waals surface area contributed by atoms with Gasteiger partial charge in [-0.25, -0.2) is 13.6 Å². The molecule has 0 bridgehead atoms. The molecule has 2 amide bonds. The van der Waals surface area contributed by atoms with Crippen LogP contribution in [0.1, 0.15) is 24.7 Å². The third-order valence-electron chi connectivity index (χ3n) is 4.50. The van der Waals surface area contributed by atoms with Crippen LogP contribution in [0.5, 0.6) is 0 Å². The van der Waals surface area contributed by atoms with Crippen molar-refractivity contribution in [2.75, 3.05) is 18.4 Å². The maximum absolute atomic E-state index is 13.7. The number of carbonyl (C=O) groups excluding carboxylic acids is 1. The number of rotatable bonds is 3. The first-order chi connectivity index (χ1) is 13.1. The number of urea groups is 1. The number of aromatic nitrogens is 2. The van der Waals surface area contributed by atoms with E-state index in [9.17, 15) is 13.6 Å². The van der Waals surface area contributed by atoms with E-state index in [1.165, 1.54) is 17.2 Å². The highest BCUT2D eigenvalue weighted by atomic mass is 19.1. The predicted octanol–water partition coefficient (Wildman–Crippen LogP) is 4.02. The Morgan fingerprint density at radius 1 is 1.11 bits per heavy atom. The molecule has 7 nitrogen and oxygen atoms in total. The lowest BCUT2D eigenvalue weighted by atomic mass is 9.97. The molecule has 1 aromatic carbocycles. The Hall–Kier alpha value is -3.23. The van der Waals surface area contributed by atoms with Crippen LogP contribution in [0, 0.1) is 11.6 Å². The summed E-state index contributed by atoms with van der Waals surface area (Å²) in [5.74, 6) is -0.316. The smallest absolute Gasteiger partial charge is 0.322 e. The summed E-state index contributed by atoms with van der Waals surface area (Å²) in [7, 11) is 0. The third-order valence-corrected chi connectivity index (χ3v) is 4.50. The highest BCUT2D eigenvalue weighted by Gasteiger charge is 2.28. The minimum atomic E-state index is -0.811. The zero-order valence-electron chi connectivity index (χ0n) is 14.2. The number of benzene rings is 1. The van der Waals surface area contributed by atoms with Crippen molar-refractivity contribution in [3.05, 3.63) is 54.1 Å². The number of carbonyl (C=O) groups is 1. The lowest BCUT2D eigenvalue weighted by Gasteiger charge is -2.30. The van der Waals surface area contributed by atoms with E-state index in [2.05, 4.69) is 15.5 Å². The summed E-state index contributed by atoms with van der Waals surface area (Å²) in [6, 6.07) is 6.35. The van der Waals surface area contributed by atoms with Crippen molar-refractivity contribution in [1.29, 1.82) is 0 Å². The van der Waals surface area contributed by atoms with Crippen molar-refractivity contribution >= 4 is 11.7 Å². The van der Waals surface area contributed by atoms with Crippen LogP contribution in [0.25, 0.3) is 11.7 Å². The number of para-hydroxylation sites is 1. The van der Waals surface area contributed by atoms with Crippen LogP contribution in [0.3, 0.4) is 0 Å². The van der Waals surface area contributed by atoms with Crippen LogP contribution in [-0.4, -0.2) is 34.2 Å². The fourth-order valence-corrected chi connectivity index (χ4v) is 3.03. The van der Waals surface area contributed by atoms with Crippen LogP contribution < -0.4 is 5.32 Å². The van der Waals surface area contributed by atoms with Gasteiger partial charge < -0.3 is 19.1 Å². The second-order valence-corrected chi connectivity index (χ2v) is 6.21. The number of furan rings is 1. The summed E-state index contributed by atoms with van der Waals surface area (Å²) in [6.45, 7) is 0.816. The molecule has 2 aromatic heterocycles. The molecule has 140 valence electrons. The Kier molecular flexibility index (Phi) is 4.57. The third kappa shape index (κ3) is 3.53. The molecule has 1 aliphatic heterocycles. The maximum Gasteiger partial charge on any atom is 0.322 e. The number of likely N-dealkylation sites (tertiary alicyclic amines) is 1. The molecule has 3 heterocycles. The monoisotopic (exact) mass is 374 g/mol. The van der Waals surface area contributed by atoms with Crippen molar-refractivity contribution in [2.45, 2.75) is 18.8 Å². The van der Waals surface area contributed by atoms with E-state index in [-0.39, 0.29) is 5.92 Å². The fourth-order valence-electron chi connectivity index (χ4n) is 3.03.